The molecule has 1 aliphatic heterocycles. The first-order valence-electron chi connectivity index (χ1n) is 6.21. The fourth-order valence-corrected chi connectivity index (χ4v) is 2.50. The lowest BCUT2D eigenvalue weighted by Crippen LogP contribution is -2.28. The zero-order valence-corrected chi connectivity index (χ0v) is 11.5. The molecule has 19 heavy (non-hydrogen) atoms. The van der Waals surface area contributed by atoms with Crippen LogP contribution in [0.1, 0.15) is 12.0 Å². The Hall–Kier alpha value is -1.55. The minimum Gasteiger partial charge on any atom is -0.469 e. The number of esters is 1. The Bertz CT molecular complexity index is 489. The quantitative estimate of drug-likeness (QED) is 0.792. The summed E-state index contributed by atoms with van der Waals surface area (Å²) < 4.78 is 4.67. The van der Waals surface area contributed by atoms with Crippen molar-refractivity contribution in [1.82, 2.24) is 4.90 Å². The number of halogens is 1. The molecule has 4 nitrogen and oxygen atoms in total. The van der Waals surface area contributed by atoms with Crippen molar-refractivity contribution in [3.63, 3.8) is 0 Å². The highest BCUT2D eigenvalue weighted by Gasteiger charge is 2.34. The number of likely N-dealkylation sites (tertiary alicyclic amines) is 1. The number of amides is 1. The topological polar surface area (TPSA) is 46.6 Å². The molecule has 5 heteroatoms. The number of rotatable bonds is 4. The lowest BCUT2D eigenvalue weighted by molar-refractivity contribution is -0.145. The van der Waals surface area contributed by atoms with Crippen molar-refractivity contribution in [2.24, 2.45) is 5.92 Å². The smallest absolute Gasteiger partial charge is 0.310 e. The van der Waals surface area contributed by atoms with Crippen LogP contribution in [0.2, 0.25) is 5.02 Å². The van der Waals surface area contributed by atoms with Crippen molar-refractivity contribution in [1.29, 1.82) is 0 Å². The van der Waals surface area contributed by atoms with E-state index in [2.05, 4.69) is 4.74 Å². The van der Waals surface area contributed by atoms with E-state index in [9.17, 15) is 9.59 Å². The highest BCUT2D eigenvalue weighted by molar-refractivity contribution is 6.31. The molecule has 0 saturated carbocycles. The third-order valence-electron chi connectivity index (χ3n) is 3.36. The Labute approximate surface area is 117 Å². The summed E-state index contributed by atoms with van der Waals surface area (Å²) in [5.74, 6) is -0.639. The fourth-order valence-electron chi connectivity index (χ4n) is 2.27. The van der Waals surface area contributed by atoms with Gasteiger partial charge in [-0.2, -0.15) is 0 Å². The van der Waals surface area contributed by atoms with E-state index in [1.54, 1.807) is 4.90 Å². The van der Waals surface area contributed by atoms with E-state index < -0.39 is 0 Å². The molecule has 0 spiro atoms. The normalized spacial score (nSPS) is 18.7. The van der Waals surface area contributed by atoms with Crippen molar-refractivity contribution in [2.45, 2.75) is 12.8 Å². The summed E-state index contributed by atoms with van der Waals surface area (Å²) in [6, 6.07) is 7.57. The molecule has 1 unspecified atom stereocenters. The summed E-state index contributed by atoms with van der Waals surface area (Å²) >= 11 is 6.07. The van der Waals surface area contributed by atoms with Gasteiger partial charge < -0.3 is 9.64 Å². The van der Waals surface area contributed by atoms with E-state index in [-0.39, 0.29) is 24.2 Å². The summed E-state index contributed by atoms with van der Waals surface area (Å²) in [5.41, 5.74) is 1.01. The average Bonchev–Trinajstić information content (AvgIpc) is 2.78. The molecule has 0 radical (unpaired) electrons. The van der Waals surface area contributed by atoms with E-state index in [4.69, 9.17) is 11.6 Å². The summed E-state index contributed by atoms with van der Waals surface area (Å²) in [5, 5.41) is 0.707. The SMILES string of the molecule is COC(=O)C1CC(=O)N(CCc2ccccc2Cl)C1. The minimum atomic E-state index is -0.330. The predicted molar refractivity (Wildman–Crippen MR) is 71.9 cm³/mol. The zero-order valence-electron chi connectivity index (χ0n) is 10.8. The molecule has 0 bridgehead atoms. The lowest BCUT2D eigenvalue weighted by atomic mass is 10.1. The molecule has 102 valence electrons. The summed E-state index contributed by atoms with van der Waals surface area (Å²) in [7, 11) is 1.35. The number of benzene rings is 1. The summed E-state index contributed by atoms with van der Waals surface area (Å²) in [6.45, 7) is 1.02. The van der Waals surface area contributed by atoms with Gasteiger partial charge in [0, 0.05) is 24.5 Å². The van der Waals surface area contributed by atoms with Gasteiger partial charge in [-0.25, -0.2) is 0 Å². The van der Waals surface area contributed by atoms with Crippen LogP contribution in [0.4, 0.5) is 0 Å². The van der Waals surface area contributed by atoms with Gasteiger partial charge in [-0.1, -0.05) is 29.8 Å². The number of carbonyl (C=O) groups is 2. The number of ether oxygens (including phenoxy) is 1. The maximum atomic E-state index is 11.8. The number of methoxy groups -OCH3 is 1. The minimum absolute atomic E-state index is 0.00227. The van der Waals surface area contributed by atoms with Gasteiger partial charge in [-0.3, -0.25) is 9.59 Å². The second-order valence-corrected chi connectivity index (χ2v) is 5.01. The largest absolute Gasteiger partial charge is 0.469 e. The molecular weight excluding hydrogens is 266 g/mol. The van der Waals surface area contributed by atoms with Crippen molar-refractivity contribution in [3.05, 3.63) is 34.9 Å². The monoisotopic (exact) mass is 281 g/mol. The molecule has 1 aromatic rings. The van der Waals surface area contributed by atoms with Crippen molar-refractivity contribution in [2.75, 3.05) is 20.2 Å². The van der Waals surface area contributed by atoms with Gasteiger partial charge in [-0.05, 0) is 18.1 Å². The van der Waals surface area contributed by atoms with Gasteiger partial charge in [0.1, 0.15) is 0 Å². The molecule has 1 fully saturated rings. The molecule has 1 atom stereocenters. The molecule has 0 aromatic heterocycles. The molecule has 0 N–H and O–H groups in total. The standard InChI is InChI=1S/C14H16ClNO3/c1-19-14(18)11-8-13(17)16(9-11)7-6-10-4-2-3-5-12(10)15/h2-5,11H,6-9H2,1H3. The van der Waals surface area contributed by atoms with E-state index >= 15 is 0 Å². The van der Waals surface area contributed by atoms with Crippen LogP contribution in [0.3, 0.4) is 0 Å². The first kappa shape index (κ1) is 13.9. The molecule has 2 rings (SSSR count). The van der Waals surface area contributed by atoms with Crippen LogP contribution in [0, 0.1) is 5.92 Å². The van der Waals surface area contributed by atoms with Crippen LogP contribution in [0.25, 0.3) is 0 Å². The zero-order chi connectivity index (χ0) is 13.8. The first-order chi connectivity index (χ1) is 9.11. The van der Waals surface area contributed by atoms with Crippen molar-refractivity contribution < 1.29 is 14.3 Å². The fraction of sp³-hybridized carbons (Fsp3) is 0.429. The van der Waals surface area contributed by atoms with E-state index in [1.165, 1.54) is 7.11 Å². The maximum Gasteiger partial charge on any atom is 0.310 e. The van der Waals surface area contributed by atoms with Gasteiger partial charge >= 0.3 is 5.97 Å². The van der Waals surface area contributed by atoms with Crippen LogP contribution in [-0.2, 0) is 20.7 Å². The van der Waals surface area contributed by atoms with E-state index in [0.717, 1.165) is 5.56 Å². The van der Waals surface area contributed by atoms with E-state index in [0.29, 0.717) is 24.5 Å². The first-order valence-corrected chi connectivity index (χ1v) is 6.58. The highest BCUT2D eigenvalue weighted by atomic mass is 35.5. The molecule has 0 aliphatic carbocycles. The van der Waals surface area contributed by atoms with Crippen molar-refractivity contribution in [3.8, 4) is 0 Å². The maximum absolute atomic E-state index is 11.8. The van der Waals surface area contributed by atoms with Gasteiger partial charge in [0.05, 0.1) is 13.0 Å². The number of hydrogen-bond acceptors (Lipinski definition) is 3. The molecular formula is C14H16ClNO3. The Kier molecular flexibility index (Phi) is 4.43. The van der Waals surface area contributed by atoms with Gasteiger partial charge in [0.25, 0.3) is 0 Å². The highest BCUT2D eigenvalue weighted by Crippen LogP contribution is 2.21. The Morgan fingerprint density at radius 3 is 2.89 bits per heavy atom. The van der Waals surface area contributed by atoms with Gasteiger partial charge in [-0.15, -0.1) is 0 Å². The van der Waals surface area contributed by atoms with Crippen LogP contribution in [0.15, 0.2) is 24.3 Å². The third kappa shape index (κ3) is 3.26. The van der Waals surface area contributed by atoms with Gasteiger partial charge in [0.2, 0.25) is 5.91 Å². The number of hydrogen-bond donors (Lipinski definition) is 0. The van der Waals surface area contributed by atoms with Crippen LogP contribution < -0.4 is 0 Å². The van der Waals surface area contributed by atoms with Crippen LogP contribution in [0.5, 0.6) is 0 Å². The lowest BCUT2D eigenvalue weighted by Gasteiger charge is -2.16. The number of carbonyl (C=O) groups excluding carboxylic acids is 2. The molecule has 1 aliphatic rings. The average molecular weight is 282 g/mol. The van der Waals surface area contributed by atoms with Crippen LogP contribution >= 0.6 is 11.6 Å². The molecule has 1 saturated heterocycles. The second kappa shape index (κ2) is 6.06. The Balaban J connectivity index is 1.92. The predicted octanol–water partition coefficient (Wildman–Crippen LogP) is 1.90. The molecule has 1 amide bonds. The molecule has 1 aromatic carbocycles. The Morgan fingerprint density at radius 2 is 2.21 bits per heavy atom. The van der Waals surface area contributed by atoms with Crippen LogP contribution in [-0.4, -0.2) is 37.0 Å². The Morgan fingerprint density at radius 1 is 1.47 bits per heavy atom. The third-order valence-corrected chi connectivity index (χ3v) is 3.73. The second-order valence-electron chi connectivity index (χ2n) is 4.61. The van der Waals surface area contributed by atoms with Crippen molar-refractivity contribution >= 4 is 23.5 Å². The van der Waals surface area contributed by atoms with E-state index in [1.807, 2.05) is 24.3 Å². The number of nitrogens with zero attached hydrogens (tertiary/aromatic N) is 1. The van der Waals surface area contributed by atoms with Gasteiger partial charge in [0.15, 0.2) is 0 Å². The summed E-state index contributed by atoms with van der Waals surface area (Å²) in [4.78, 5) is 24.9. The molecule has 1 heterocycles. The summed E-state index contributed by atoms with van der Waals surface area (Å²) in [6.07, 6.45) is 0.939.